The third-order valence-electron chi connectivity index (χ3n) is 5.78. The fraction of sp³-hybridized carbons (Fsp3) is 0.185. The SMILES string of the molecule is O=C(OCC1SCC(F)[C@@H]1OC(=O)c1ccc2ccccc2c1)c1ccc2ccccc2c1. The van der Waals surface area contributed by atoms with Crippen molar-refractivity contribution in [3.8, 4) is 0 Å². The highest BCUT2D eigenvalue weighted by Gasteiger charge is 2.41. The third-order valence-corrected chi connectivity index (χ3v) is 7.13. The molecule has 166 valence electrons. The van der Waals surface area contributed by atoms with Gasteiger partial charge in [0.2, 0.25) is 0 Å². The minimum atomic E-state index is -1.32. The maximum absolute atomic E-state index is 14.6. The molecule has 3 atom stereocenters. The van der Waals surface area contributed by atoms with E-state index < -0.39 is 29.5 Å². The highest BCUT2D eigenvalue weighted by Crippen LogP contribution is 2.33. The maximum Gasteiger partial charge on any atom is 0.338 e. The molecule has 0 spiro atoms. The molecule has 1 fully saturated rings. The average Bonchev–Trinajstić information content (AvgIpc) is 3.20. The number of halogens is 1. The van der Waals surface area contributed by atoms with Crippen LogP contribution in [0.2, 0.25) is 0 Å². The molecule has 2 unspecified atom stereocenters. The molecule has 0 N–H and O–H groups in total. The molecule has 6 heteroatoms. The fourth-order valence-corrected chi connectivity index (χ4v) is 5.20. The molecule has 1 aliphatic heterocycles. The van der Waals surface area contributed by atoms with E-state index in [4.69, 9.17) is 9.47 Å². The van der Waals surface area contributed by atoms with Crippen molar-refractivity contribution in [1.82, 2.24) is 0 Å². The summed E-state index contributed by atoms with van der Waals surface area (Å²) in [6.07, 6.45) is -2.29. The molecule has 0 aromatic heterocycles. The molecule has 0 saturated carbocycles. The smallest absolute Gasteiger partial charge is 0.338 e. The molecule has 1 saturated heterocycles. The van der Waals surface area contributed by atoms with Crippen LogP contribution in [0.15, 0.2) is 84.9 Å². The Morgan fingerprint density at radius 2 is 1.33 bits per heavy atom. The first-order valence-corrected chi connectivity index (χ1v) is 11.7. The molecule has 0 radical (unpaired) electrons. The lowest BCUT2D eigenvalue weighted by Gasteiger charge is -2.20. The van der Waals surface area contributed by atoms with Gasteiger partial charge in [0.1, 0.15) is 18.9 Å². The molecule has 4 nitrogen and oxygen atoms in total. The molecular formula is C27H21FO4S. The molecule has 5 rings (SSSR count). The summed E-state index contributed by atoms with van der Waals surface area (Å²) in [4.78, 5) is 25.3. The second-order valence-corrected chi connectivity index (χ2v) is 9.25. The van der Waals surface area contributed by atoms with Crippen LogP contribution in [0, 0.1) is 0 Å². The number of carbonyl (C=O) groups excluding carboxylic acids is 2. The monoisotopic (exact) mass is 460 g/mol. The Labute approximate surface area is 194 Å². The molecule has 33 heavy (non-hydrogen) atoms. The lowest BCUT2D eigenvalue weighted by molar-refractivity contribution is 0.00477. The Hall–Kier alpha value is -3.38. The first kappa shape index (κ1) is 21.5. The minimum absolute atomic E-state index is 0.0353. The number of rotatable bonds is 5. The predicted molar refractivity (Wildman–Crippen MR) is 129 cm³/mol. The Balaban J connectivity index is 1.25. The van der Waals surface area contributed by atoms with Crippen molar-refractivity contribution < 1.29 is 23.5 Å². The van der Waals surface area contributed by atoms with Gasteiger partial charge in [0.15, 0.2) is 0 Å². The van der Waals surface area contributed by atoms with Gasteiger partial charge in [-0.3, -0.25) is 0 Å². The second kappa shape index (κ2) is 9.24. The zero-order chi connectivity index (χ0) is 22.8. The Morgan fingerprint density at radius 3 is 1.94 bits per heavy atom. The number of benzene rings is 4. The highest BCUT2D eigenvalue weighted by molar-refractivity contribution is 8.00. The van der Waals surface area contributed by atoms with Crippen molar-refractivity contribution in [2.45, 2.75) is 17.5 Å². The van der Waals surface area contributed by atoms with E-state index in [1.807, 2.05) is 60.7 Å². The lowest BCUT2D eigenvalue weighted by Crippen LogP contribution is -2.35. The van der Waals surface area contributed by atoms with Crippen LogP contribution in [0.3, 0.4) is 0 Å². The fourth-order valence-electron chi connectivity index (χ4n) is 4.00. The van der Waals surface area contributed by atoms with Crippen LogP contribution in [0.4, 0.5) is 4.39 Å². The van der Waals surface area contributed by atoms with Gasteiger partial charge in [-0.25, -0.2) is 14.0 Å². The molecule has 1 aliphatic rings. The van der Waals surface area contributed by atoms with Crippen LogP contribution < -0.4 is 0 Å². The number of ether oxygens (including phenoxy) is 2. The van der Waals surface area contributed by atoms with Crippen LogP contribution in [0.1, 0.15) is 20.7 Å². The largest absolute Gasteiger partial charge is 0.461 e. The summed E-state index contributed by atoms with van der Waals surface area (Å²) in [5, 5.41) is 3.42. The van der Waals surface area contributed by atoms with Crippen LogP contribution in [0.25, 0.3) is 21.5 Å². The van der Waals surface area contributed by atoms with Gasteiger partial charge in [0.25, 0.3) is 0 Å². The van der Waals surface area contributed by atoms with Crippen molar-refractivity contribution in [3.63, 3.8) is 0 Å². The first-order chi connectivity index (χ1) is 16.1. The summed E-state index contributed by atoms with van der Waals surface area (Å²) < 4.78 is 25.6. The van der Waals surface area contributed by atoms with E-state index >= 15 is 0 Å². The van der Waals surface area contributed by atoms with Crippen molar-refractivity contribution in [2.24, 2.45) is 0 Å². The average molecular weight is 461 g/mol. The zero-order valence-electron chi connectivity index (χ0n) is 17.6. The summed E-state index contributed by atoms with van der Waals surface area (Å²) in [7, 11) is 0. The molecule has 4 aromatic carbocycles. The van der Waals surface area contributed by atoms with E-state index in [9.17, 15) is 14.0 Å². The Bertz CT molecular complexity index is 1340. The van der Waals surface area contributed by atoms with Gasteiger partial charge < -0.3 is 9.47 Å². The van der Waals surface area contributed by atoms with E-state index in [0.717, 1.165) is 21.5 Å². The summed E-state index contributed by atoms with van der Waals surface area (Å²) in [6, 6.07) is 26.0. The van der Waals surface area contributed by atoms with Crippen molar-refractivity contribution in [3.05, 3.63) is 96.1 Å². The van der Waals surface area contributed by atoms with Gasteiger partial charge in [-0.05, 0) is 45.8 Å². The Kier molecular flexibility index (Phi) is 6.01. The molecule has 0 bridgehead atoms. The van der Waals surface area contributed by atoms with Crippen molar-refractivity contribution >= 4 is 45.2 Å². The van der Waals surface area contributed by atoms with Gasteiger partial charge in [-0.2, -0.15) is 0 Å². The second-order valence-electron chi connectivity index (χ2n) is 7.98. The highest BCUT2D eigenvalue weighted by atomic mass is 32.2. The number of carbonyl (C=O) groups is 2. The van der Waals surface area contributed by atoms with Crippen molar-refractivity contribution in [1.29, 1.82) is 0 Å². The zero-order valence-corrected chi connectivity index (χ0v) is 18.5. The minimum Gasteiger partial charge on any atom is -0.461 e. The van der Waals surface area contributed by atoms with E-state index in [1.54, 1.807) is 24.3 Å². The van der Waals surface area contributed by atoms with E-state index in [0.29, 0.717) is 11.1 Å². The van der Waals surface area contributed by atoms with Gasteiger partial charge in [0.05, 0.1) is 16.4 Å². The first-order valence-electron chi connectivity index (χ1n) is 10.7. The lowest BCUT2D eigenvalue weighted by atomic mass is 10.1. The molecule has 0 amide bonds. The quantitative estimate of drug-likeness (QED) is 0.351. The summed E-state index contributed by atoms with van der Waals surface area (Å²) in [5.41, 5.74) is 0.794. The molecule has 4 aromatic rings. The third kappa shape index (κ3) is 4.57. The summed E-state index contributed by atoms with van der Waals surface area (Å²) >= 11 is 1.31. The number of esters is 2. The maximum atomic E-state index is 14.6. The standard InChI is InChI=1S/C27H21FO4S/c28-23-16-33-24(15-31-26(29)21-11-9-17-5-1-3-7-19(17)13-21)25(23)32-27(30)22-12-10-18-6-2-4-8-20(18)14-22/h1-14,23-25H,15-16H2/t23?,24?,25-/m0/s1. The Morgan fingerprint density at radius 1 is 0.788 bits per heavy atom. The van der Waals surface area contributed by atoms with Crippen LogP contribution in [-0.4, -0.2) is 41.8 Å². The predicted octanol–water partition coefficient (Wildman–Crippen LogP) is 5.83. The van der Waals surface area contributed by atoms with Gasteiger partial charge in [-0.1, -0.05) is 60.7 Å². The molecule has 1 heterocycles. The van der Waals surface area contributed by atoms with Crippen LogP contribution in [-0.2, 0) is 9.47 Å². The topological polar surface area (TPSA) is 52.6 Å². The number of thioether (sulfide) groups is 1. The van der Waals surface area contributed by atoms with Crippen LogP contribution in [0.5, 0.6) is 0 Å². The summed E-state index contributed by atoms with van der Waals surface area (Å²) in [6.45, 7) is -0.0353. The van der Waals surface area contributed by atoms with E-state index in [-0.39, 0.29) is 12.4 Å². The van der Waals surface area contributed by atoms with Crippen molar-refractivity contribution in [2.75, 3.05) is 12.4 Å². The van der Waals surface area contributed by atoms with E-state index in [1.165, 1.54) is 11.8 Å². The van der Waals surface area contributed by atoms with Gasteiger partial charge in [0, 0.05) is 5.75 Å². The van der Waals surface area contributed by atoms with Gasteiger partial charge in [-0.15, -0.1) is 11.8 Å². The van der Waals surface area contributed by atoms with E-state index in [2.05, 4.69) is 0 Å². The number of fused-ring (bicyclic) bond motifs is 2. The van der Waals surface area contributed by atoms with Crippen LogP contribution >= 0.6 is 11.8 Å². The van der Waals surface area contributed by atoms with Gasteiger partial charge >= 0.3 is 11.9 Å². The number of hydrogen-bond donors (Lipinski definition) is 0. The summed E-state index contributed by atoms with van der Waals surface area (Å²) in [5.74, 6) is -0.876. The molecule has 0 aliphatic carbocycles. The normalized spacial score (nSPS) is 20.1. The molecular weight excluding hydrogens is 439 g/mol. The number of alkyl halides is 1. The number of hydrogen-bond acceptors (Lipinski definition) is 5.